The third-order valence-electron chi connectivity index (χ3n) is 3.26. The summed E-state index contributed by atoms with van der Waals surface area (Å²) in [6.07, 6.45) is 2.00. The van der Waals surface area contributed by atoms with Crippen LogP contribution in [0, 0.1) is 0 Å². The number of ether oxygens (including phenoxy) is 1. The molecule has 1 atom stereocenters. The molecule has 0 fully saturated rings. The Morgan fingerprint density at radius 2 is 2.14 bits per heavy atom. The Hall–Kier alpha value is -0.550. The van der Waals surface area contributed by atoms with Crippen LogP contribution in [0.15, 0.2) is 34.8 Å². The molecule has 2 rings (SSSR count). The molecular weight excluding hydrogens is 370 g/mol. The van der Waals surface area contributed by atoms with Gasteiger partial charge in [-0.2, -0.15) is 0 Å². The van der Waals surface area contributed by atoms with Crippen LogP contribution in [0.25, 0.3) is 0 Å². The molecular formula is C16H19BrClNOS. The van der Waals surface area contributed by atoms with Gasteiger partial charge in [0.25, 0.3) is 0 Å². The summed E-state index contributed by atoms with van der Waals surface area (Å²) in [5, 5.41) is 3.60. The summed E-state index contributed by atoms with van der Waals surface area (Å²) in [4.78, 5) is 1.27. The third kappa shape index (κ3) is 4.71. The maximum absolute atomic E-state index is 6.08. The highest BCUT2D eigenvalue weighted by atomic mass is 79.9. The number of methoxy groups -OCH3 is 1. The molecule has 0 aliphatic heterocycles. The molecule has 1 heterocycles. The second-order valence-electron chi connectivity index (χ2n) is 4.81. The molecule has 1 aromatic carbocycles. The first-order valence-corrected chi connectivity index (χ1v) is 8.93. The Morgan fingerprint density at radius 1 is 1.33 bits per heavy atom. The molecule has 1 unspecified atom stereocenters. The first kappa shape index (κ1) is 16.8. The van der Waals surface area contributed by atoms with Gasteiger partial charge in [-0.15, -0.1) is 11.3 Å². The highest BCUT2D eigenvalue weighted by molar-refractivity contribution is 9.10. The standard InChI is InChI=1S/C16H19BrClNOS/c1-3-8-19-14(15-6-7-16(18)21-15)10-11-9-12(20-2)4-5-13(11)17/h4-7,9,14,19H,3,8,10H2,1-2H3. The summed E-state index contributed by atoms with van der Waals surface area (Å²) in [5.74, 6) is 0.881. The van der Waals surface area contributed by atoms with Gasteiger partial charge in [-0.05, 0) is 55.3 Å². The Bertz CT molecular complexity index is 587. The molecule has 0 saturated carbocycles. The van der Waals surface area contributed by atoms with Crippen molar-refractivity contribution in [1.82, 2.24) is 5.32 Å². The van der Waals surface area contributed by atoms with Gasteiger partial charge in [-0.1, -0.05) is 34.5 Å². The van der Waals surface area contributed by atoms with Crippen LogP contribution in [0.1, 0.15) is 29.8 Å². The fraction of sp³-hybridized carbons (Fsp3) is 0.375. The van der Waals surface area contributed by atoms with E-state index in [9.17, 15) is 0 Å². The predicted octanol–water partition coefficient (Wildman–Crippen LogP) is 5.46. The minimum atomic E-state index is 0.269. The molecule has 2 aromatic rings. The highest BCUT2D eigenvalue weighted by Gasteiger charge is 2.16. The van der Waals surface area contributed by atoms with Crippen molar-refractivity contribution < 1.29 is 4.74 Å². The smallest absolute Gasteiger partial charge is 0.119 e. The largest absolute Gasteiger partial charge is 0.497 e. The lowest BCUT2D eigenvalue weighted by atomic mass is 10.0. The molecule has 1 N–H and O–H groups in total. The Morgan fingerprint density at radius 3 is 2.76 bits per heavy atom. The molecule has 5 heteroatoms. The Labute approximate surface area is 143 Å². The number of rotatable bonds is 7. The second kappa shape index (κ2) is 8.18. The molecule has 2 nitrogen and oxygen atoms in total. The van der Waals surface area contributed by atoms with E-state index in [1.807, 2.05) is 18.2 Å². The average molecular weight is 389 g/mol. The first-order chi connectivity index (χ1) is 10.1. The quantitative estimate of drug-likeness (QED) is 0.680. The fourth-order valence-electron chi connectivity index (χ4n) is 2.16. The lowest BCUT2D eigenvalue weighted by molar-refractivity contribution is 0.413. The van der Waals surface area contributed by atoms with Crippen LogP contribution >= 0.6 is 38.9 Å². The molecule has 1 aromatic heterocycles. The maximum Gasteiger partial charge on any atom is 0.119 e. The van der Waals surface area contributed by atoms with Gasteiger partial charge in [-0.25, -0.2) is 0 Å². The van der Waals surface area contributed by atoms with Gasteiger partial charge in [0.2, 0.25) is 0 Å². The number of halogens is 2. The topological polar surface area (TPSA) is 21.3 Å². The molecule has 0 bridgehead atoms. The second-order valence-corrected chi connectivity index (χ2v) is 7.41. The molecule has 0 radical (unpaired) electrons. The van der Waals surface area contributed by atoms with Crippen molar-refractivity contribution in [3.63, 3.8) is 0 Å². The number of benzene rings is 1. The van der Waals surface area contributed by atoms with E-state index in [2.05, 4.69) is 40.3 Å². The van der Waals surface area contributed by atoms with Crippen molar-refractivity contribution in [2.75, 3.05) is 13.7 Å². The SMILES string of the molecule is CCCNC(Cc1cc(OC)ccc1Br)c1ccc(Cl)s1. The van der Waals surface area contributed by atoms with Crippen LogP contribution in [-0.4, -0.2) is 13.7 Å². The summed E-state index contributed by atoms with van der Waals surface area (Å²) in [6, 6.07) is 10.4. The van der Waals surface area contributed by atoms with E-state index >= 15 is 0 Å². The number of hydrogen-bond donors (Lipinski definition) is 1. The van der Waals surface area contributed by atoms with Crippen molar-refractivity contribution in [3.8, 4) is 5.75 Å². The van der Waals surface area contributed by atoms with E-state index in [0.717, 1.165) is 33.9 Å². The molecule has 0 aliphatic carbocycles. The molecule has 0 amide bonds. The fourth-order valence-corrected chi connectivity index (χ4v) is 3.71. The number of thiophene rings is 1. The summed E-state index contributed by atoms with van der Waals surface area (Å²) >= 11 is 11.3. The lowest BCUT2D eigenvalue weighted by Gasteiger charge is -2.18. The normalized spacial score (nSPS) is 12.4. The van der Waals surface area contributed by atoms with Crippen molar-refractivity contribution in [2.24, 2.45) is 0 Å². The van der Waals surface area contributed by atoms with Crippen LogP contribution in [0.3, 0.4) is 0 Å². The summed E-state index contributed by atoms with van der Waals surface area (Å²) in [5.41, 5.74) is 1.23. The van der Waals surface area contributed by atoms with Crippen LogP contribution in [-0.2, 0) is 6.42 Å². The average Bonchev–Trinajstić information content (AvgIpc) is 2.91. The van der Waals surface area contributed by atoms with Crippen LogP contribution in [0.5, 0.6) is 5.75 Å². The number of nitrogens with one attached hydrogen (secondary N) is 1. The van der Waals surface area contributed by atoms with Crippen molar-refractivity contribution in [1.29, 1.82) is 0 Å². The Balaban J connectivity index is 2.22. The molecule has 0 saturated heterocycles. The minimum Gasteiger partial charge on any atom is -0.497 e. The van der Waals surface area contributed by atoms with Crippen molar-refractivity contribution >= 4 is 38.9 Å². The van der Waals surface area contributed by atoms with E-state index in [0.29, 0.717) is 0 Å². The van der Waals surface area contributed by atoms with E-state index < -0.39 is 0 Å². The molecule has 114 valence electrons. The molecule has 21 heavy (non-hydrogen) atoms. The van der Waals surface area contributed by atoms with Gasteiger partial charge in [-0.3, -0.25) is 0 Å². The molecule has 0 spiro atoms. The zero-order valence-corrected chi connectivity index (χ0v) is 15.3. The minimum absolute atomic E-state index is 0.269. The summed E-state index contributed by atoms with van der Waals surface area (Å²) in [6.45, 7) is 3.16. The maximum atomic E-state index is 6.08. The van der Waals surface area contributed by atoms with Gasteiger partial charge in [0, 0.05) is 15.4 Å². The monoisotopic (exact) mass is 387 g/mol. The number of hydrogen-bond acceptors (Lipinski definition) is 3. The lowest BCUT2D eigenvalue weighted by Crippen LogP contribution is -2.23. The van der Waals surface area contributed by atoms with Gasteiger partial charge in [0.15, 0.2) is 0 Å². The molecule has 0 aliphatic rings. The highest BCUT2D eigenvalue weighted by Crippen LogP contribution is 2.32. The van der Waals surface area contributed by atoms with Gasteiger partial charge < -0.3 is 10.1 Å². The summed E-state index contributed by atoms with van der Waals surface area (Å²) < 4.78 is 7.26. The van der Waals surface area contributed by atoms with E-state index in [-0.39, 0.29) is 6.04 Å². The predicted molar refractivity (Wildman–Crippen MR) is 94.8 cm³/mol. The zero-order chi connectivity index (χ0) is 15.2. The zero-order valence-electron chi connectivity index (χ0n) is 12.2. The Kier molecular flexibility index (Phi) is 6.55. The van der Waals surface area contributed by atoms with E-state index in [4.69, 9.17) is 16.3 Å². The van der Waals surface area contributed by atoms with Gasteiger partial charge in [0.05, 0.1) is 11.4 Å². The van der Waals surface area contributed by atoms with Gasteiger partial charge in [0.1, 0.15) is 5.75 Å². The van der Waals surface area contributed by atoms with Crippen molar-refractivity contribution in [3.05, 3.63) is 49.6 Å². The summed E-state index contributed by atoms with van der Waals surface area (Å²) in [7, 11) is 1.69. The first-order valence-electron chi connectivity index (χ1n) is 6.95. The van der Waals surface area contributed by atoms with Gasteiger partial charge >= 0.3 is 0 Å². The van der Waals surface area contributed by atoms with E-state index in [1.165, 1.54) is 10.4 Å². The van der Waals surface area contributed by atoms with Crippen LogP contribution in [0.2, 0.25) is 4.34 Å². The van der Waals surface area contributed by atoms with E-state index in [1.54, 1.807) is 18.4 Å². The van der Waals surface area contributed by atoms with Crippen molar-refractivity contribution in [2.45, 2.75) is 25.8 Å². The third-order valence-corrected chi connectivity index (χ3v) is 5.37. The van der Waals surface area contributed by atoms with Crippen LogP contribution in [0.4, 0.5) is 0 Å². The van der Waals surface area contributed by atoms with Crippen LogP contribution < -0.4 is 10.1 Å².